The molecule has 2 amide bonds. The van der Waals surface area contributed by atoms with E-state index in [2.05, 4.69) is 21.2 Å². The van der Waals surface area contributed by atoms with Gasteiger partial charge in [0, 0.05) is 23.9 Å². The Morgan fingerprint density at radius 1 is 0.921 bits per heavy atom. The molecule has 1 atom stereocenters. The van der Waals surface area contributed by atoms with Gasteiger partial charge in [0.05, 0.1) is 5.33 Å². The van der Waals surface area contributed by atoms with E-state index >= 15 is 0 Å². The van der Waals surface area contributed by atoms with Gasteiger partial charge in [0.1, 0.15) is 24.0 Å². The summed E-state index contributed by atoms with van der Waals surface area (Å²) in [6, 6.07) is 24.8. The maximum absolute atomic E-state index is 13.5. The molecular formula is C30H33BrN2O5. The zero-order valence-electron chi connectivity index (χ0n) is 21.9. The van der Waals surface area contributed by atoms with Crippen LogP contribution in [-0.4, -0.2) is 34.8 Å². The summed E-state index contributed by atoms with van der Waals surface area (Å²) in [7, 11) is 0. The molecule has 0 heterocycles. The SMILES string of the molecule is CC(C)(C)OC(=O)CC[C@@H](C(=O)Nc1ccccc1)N(C(=O)CBr)c1cccc(OCc2ccccc2)c1. The quantitative estimate of drug-likeness (QED) is 0.218. The van der Waals surface area contributed by atoms with Crippen molar-refractivity contribution in [2.75, 3.05) is 15.5 Å². The summed E-state index contributed by atoms with van der Waals surface area (Å²) in [5, 5.41) is 2.86. The third kappa shape index (κ3) is 9.03. The van der Waals surface area contributed by atoms with Crippen LogP contribution < -0.4 is 15.0 Å². The summed E-state index contributed by atoms with van der Waals surface area (Å²) in [6.45, 7) is 5.71. The van der Waals surface area contributed by atoms with Gasteiger partial charge in [-0.25, -0.2) is 0 Å². The van der Waals surface area contributed by atoms with Gasteiger partial charge >= 0.3 is 5.97 Å². The minimum atomic E-state index is -0.975. The topological polar surface area (TPSA) is 84.9 Å². The summed E-state index contributed by atoms with van der Waals surface area (Å²) in [4.78, 5) is 40.7. The lowest BCUT2D eigenvalue weighted by molar-refractivity contribution is -0.155. The van der Waals surface area contributed by atoms with Crippen molar-refractivity contribution < 1.29 is 23.9 Å². The highest BCUT2D eigenvalue weighted by molar-refractivity contribution is 9.09. The molecule has 8 heteroatoms. The molecule has 0 aliphatic heterocycles. The fraction of sp³-hybridized carbons (Fsp3) is 0.300. The zero-order chi connectivity index (χ0) is 27.5. The molecule has 3 aromatic carbocycles. The predicted molar refractivity (Wildman–Crippen MR) is 152 cm³/mol. The number of hydrogen-bond donors (Lipinski definition) is 1. The first kappa shape index (κ1) is 28.9. The molecule has 3 aromatic rings. The van der Waals surface area contributed by atoms with Gasteiger partial charge in [-0.2, -0.15) is 0 Å². The number of para-hydroxylation sites is 1. The molecule has 0 aliphatic carbocycles. The van der Waals surface area contributed by atoms with E-state index in [1.807, 2.05) is 36.4 Å². The predicted octanol–water partition coefficient (Wildman–Crippen LogP) is 6.12. The minimum Gasteiger partial charge on any atom is -0.489 e. The second-order valence-corrected chi connectivity index (χ2v) is 10.2. The summed E-state index contributed by atoms with van der Waals surface area (Å²) in [6.07, 6.45) is 0.0296. The van der Waals surface area contributed by atoms with E-state index in [9.17, 15) is 14.4 Å². The lowest BCUT2D eigenvalue weighted by Crippen LogP contribution is -2.48. The van der Waals surface area contributed by atoms with Gasteiger partial charge < -0.3 is 14.8 Å². The van der Waals surface area contributed by atoms with Crippen molar-refractivity contribution >= 4 is 45.1 Å². The maximum atomic E-state index is 13.5. The van der Waals surface area contributed by atoms with Gasteiger partial charge in [-0.3, -0.25) is 19.3 Å². The highest BCUT2D eigenvalue weighted by Crippen LogP contribution is 2.27. The largest absolute Gasteiger partial charge is 0.489 e. The lowest BCUT2D eigenvalue weighted by atomic mass is 10.1. The van der Waals surface area contributed by atoms with Crippen LogP contribution in [0.15, 0.2) is 84.9 Å². The van der Waals surface area contributed by atoms with Crippen molar-refractivity contribution in [2.24, 2.45) is 0 Å². The zero-order valence-corrected chi connectivity index (χ0v) is 23.4. The molecule has 7 nitrogen and oxygen atoms in total. The molecular weight excluding hydrogens is 548 g/mol. The van der Waals surface area contributed by atoms with Crippen molar-refractivity contribution in [3.63, 3.8) is 0 Å². The van der Waals surface area contributed by atoms with Crippen molar-refractivity contribution in [3.8, 4) is 5.75 Å². The smallest absolute Gasteiger partial charge is 0.306 e. The van der Waals surface area contributed by atoms with E-state index in [1.54, 1.807) is 69.3 Å². The highest BCUT2D eigenvalue weighted by Gasteiger charge is 2.32. The first-order valence-electron chi connectivity index (χ1n) is 12.4. The lowest BCUT2D eigenvalue weighted by Gasteiger charge is -2.31. The number of hydrogen-bond acceptors (Lipinski definition) is 5. The molecule has 0 saturated heterocycles. The van der Waals surface area contributed by atoms with Crippen LogP contribution in [0.25, 0.3) is 0 Å². The van der Waals surface area contributed by atoms with E-state index in [1.165, 1.54) is 4.90 Å². The number of ether oxygens (including phenoxy) is 2. The van der Waals surface area contributed by atoms with Gasteiger partial charge in [0.25, 0.3) is 0 Å². The molecule has 38 heavy (non-hydrogen) atoms. The minimum absolute atomic E-state index is 0.0103. The number of halogens is 1. The number of anilines is 2. The number of amides is 2. The maximum Gasteiger partial charge on any atom is 0.306 e. The Bertz CT molecular complexity index is 1210. The van der Waals surface area contributed by atoms with Crippen LogP contribution in [-0.2, 0) is 25.7 Å². The number of nitrogens with one attached hydrogen (secondary N) is 1. The average molecular weight is 582 g/mol. The van der Waals surface area contributed by atoms with Crippen molar-refractivity contribution in [1.82, 2.24) is 0 Å². The molecule has 3 rings (SSSR count). The van der Waals surface area contributed by atoms with Crippen molar-refractivity contribution in [3.05, 3.63) is 90.5 Å². The van der Waals surface area contributed by atoms with Crippen molar-refractivity contribution in [1.29, 1.82) is 0 Å². The molecule has 0 aromatic heterocycles. The first-order chi connectivity index (χ1) is 18.2. The fourth-order valence-electron chi connectivity index (χ4n) is 3.80. The third-order valence-corrected chi connectivity index (χ3v) is 5.90. The number of esters is 1. The Morgan fingerprint density at radius 2 is 1.58 bits per heavy atom. The summed E-state index contributed by atoms with van der Waals surface area (Å²) in [5.74, 6) is -0.637. The Hall–Kier alpha value is -3.65. The summed E-state index contributed by atoms with van der Waals surface area (Å²) < 4.78 is 11.4. The van der Waals surface area contributed by atoms with Crippen LogP contribution in [0.5, 0.6) is 5.75 Å². The number of benzene rings is 3. The Balaban J connectivity index is 1.89. The van der Waals surface area contributed by atoms with Crippen LogP contribution >= 0.6 is 15.9 Å². The summed E-state index contributed by atoms with van der Waals surface area (Å²) >= 11 is 3.25. The standard InChI is InChI=1S/C30H33BrN2O5/c1-30(2,3)38-28(35)18-17-26(29(36)32-23-13-8-5-9-14-23)33(27(34)20-31)24-15-10-16-25(19-24)37-21-22-11-6-4-7-12-22/h4-16,19,26H,17-18,20-21H2,1-3H3,(H,32,36)/t26-/m0/s1. The van der Waals surface area contributed by atoms with Gasteiger partial charge in [0.15, 0.2) is 0 Å². The van der Waals surface area contributed by atoms with E-state index in [0.29, 0.717) is 23.7 Å². The third-order valence-electron chi connectivity index (χ3n) is 5.42. The molecule has 0 bridgehead atoms. The Morgan fingerprint density at radius 3 is 2.21 bits per heavy atom. The molecule has 0 spiro atoms. The Kier molecular flexibility index (Phi) is 10.5. The summed E-state index contributed by atoms with van der Waals surface area (Å²) in [5.41, 5.74) is 1.42. The average Bonchev–Trinajstić information content (AvgIpc) is 2.89. The number of carbonyl (C=O) groups excluding carboxylic acids is 3. The molecule has 0 saturated carbocycles. The number of alkyl halides is 1. The van der Waals surface area contributed by atoms with Gasteiger partial charge in [-0.05, 0) is 57.0 Å². The highest BCUT2D eigenvalue weighted by atomic mass is 79.9. The number of nitrogens with zero attached hydrogens (tertiary/aromatic N) is 1. The fourth-order valence-corrected chi connectivity index (χ4v) is 4.07. The van der Waals surface area contributed by atoms with Crippen LogP contribution in [0, 0.1) is 0 Å². The second kappa shape index (κ2) is 13.8. The van der Waals surface area contributed by atoms with Gasteiger partial charge in [-0.15, -0.1) is 0 Å². The molecule has 0 fully saturated rings. The van der Waals surface area contributed by atoms with Crippen LogP contribution in [0.3, 0.4) is 0 Å². The molecule has 0 unspecified atom stereocenters. The van der Waals surface area contributed by atoms with Crippen LogP contribution in [0.4, 0.5) is 11.4 Å². The normalized spacial score (nSPS) is 11.8. The van der Waals surface area contributed by atoms with Crippen LogP contribution in [0.1, 0.15) is 39.2 Å². The Labute approximate surface area is 232 Å². The van der Waals surface area contributed by atoms with E-state index in [0.717, 1.165) is 5.56 Å². The van der Waals surface area contributed by atoms with Gasteiger partial charge in [-0.1, -0.05) is 70.5 Å². The molecule has 0 radical (unpaired) electrons. The molecule has 0 aliphatic rings. The number of rotatable bonds is 11. The van der Waals surface area contributed by atoms with Gasteiger partial charge in [0.2, 0.25) is 11.8 Å². The monoisotopic (exact) mass is 580 g/mol. The van der Waals surface area contributed by atoms with E-state index < -0.39 is 23.5 Å². The second-order valence-electron chi connectivity index (χ2n) is 9.67. The number of carbonyl (C=O) groups is 3. The van der Waals surface area contributed by atoms with Crippen molar-refractivity contribution in [2.45, 2.75) is 51.9 Å². The van der Waals surface area contributed by atoms with E-state index in [-0.39, 0.29) is 24.1 Å². The first-order valence-corrected chi connectivity index (χ1v) is 13.5. The molecule has 1 N–H and O–H groups in total. The van der Waals surface area contributed by atoms with Crippen LogP contribution in [0.2, 0.25) is 0 Å². The molecule has 200 valence electrons. The van der Waals surface area contributed by atoms with E-state index in [4.69, 9.17) is 9.47 Å².